The lowest BCUT2D eigenvalue weighted by Gasteiger charge is -2.15. The Balaban J connectivity index is 1.79. The first-order valence-electron chi connectivity index (χ1n) is 7.60. The molecule has 1 aromatic carbocycles. The van der Waals surface area contributed by atoms with Gasteiger partial charge < -0.3 is 10.1 Å². The average Bonchev–Trinajstić information content (AvgIpc) is 3.03. The van der Waals surface area contributed by atoms with Crippen molar-refractivity contribution >= 4 is 17.4 Å². The summed E-state index contributed by atoms with van der Waals surface area (Å²) in [7, 11) is 0. The molecule has 1 aromatic heterocycles. The van der Waals surface area contributed by atoms with Crippen molar-refractivity contribution in [1.82, 2.24) is 10.2 Å². The maximum atomic E-state index is 5.94. The lowest BCUT2D eigenvalue weighted by atomic mass is 10.0. The van der Waals surface area contributed by atoms with Crippen molar-refractivity contribution in [3.63, 3.8) is 0 Å². The summed E-state index contributed by atoms with van der Waals surface area (Å²) < 4.78 is 5.63. The number of benzene rings is 1. The Labute approximate surface area is 135 Å². The number of nitrogens with zero attached hydrogens (tertiary/aromatic N) is 2. The molecule has 0 aliphatic carbocycles. The van der Waals surface area contributed by atoms with E-state index in [0.29, 0.717) is 0 Å². The minimum absolute atomic E-state index is 0.289. The van der Waals surface area contributed by atoms with Gasteiger partial charge in [0.2, 0.25) is 0 Å². The molecule has 1 N–H and O–H groups in total. The van der Waals surface area contributed by atoms with E-state index in [2.05, 4.69) is 29.4 Å². The Morgan fingerprint density at radius 3 is 2.64 bits per heavy atom. The molecule has 0 bridgehead atoms. The van der Waals surface area contributed by atoms with Crippen LogP contribution in [-0.2, 0) is 4.74 Å². The molecule has 4 nitrogen and oxygen atoms in total. The molecule has 3 rings (SSSR count). The molecule has 1 fully saturated rings. The average molecular weight is 318 g/mol. The zero-order valence-corrected chi connectivity index (χ0v) is 13.7. The van der Waals surface area contributed by atoms with Gasteiger partial charge in [-0.2, -0.15) is 0 Å². The van der Waals surface area contributed by atoms with Crippen LogP contribution in [0.5, 0.6) is 0 Å². The second-order valence-corrected chi connectivity index (χ2v) is 6.11. The standard InChI is InChI=1S/C17H20ClN3O/c1-11-12(2)17(19-10-15-4-3-9-22-15)21-20-16(11)13-5-7-14(18)8-6-13/h5-8,15H,3-4,9-10H2,1-2H3,(H,19,21)/t15-/m0/s1. The Morgan fingerprint density at radius 2 is 1.95 bits per heavy atom. The number of halogens is 1. The van der Waals surface area contributed by atoms with Gasteiger partial charge in [-0.05, 0) is 49.9 Å². The number of hydrogen-bond acceptors (Lipinski definition) is 4. The summed E-state index contributed by atoms with van der Waals surface area (Å²) in [6.45, 7) is 5.80. The summed E-state index contributed by atoms with van der Waals surface area (Å²) in [5.74, 6) is 0.839. The minimum atomic E-state index is 0.289. The predicted octanol–water partition coefficient (Wildman–Crippen LogP) is 4.00. The van der Waals surface area contributed by atoms with Crippen LogP contribution in [0.1, 0.15) is 24.0 Å². The molecule has 1 saturated heterocycles. The first-order chi connectivity index (χ1) is 10.6. The van der Waals surface area contributed by atoms with Gasteiger partial charge in [-0.3, -0.25) is 0 Å². The Morgan fingerprint density at radius 1 is 1.18 bits per heavy atom. The van der Waals surface area contributed by atoms with Gasteiger partial charge in [-0.25, -0.2) is 0 Å². The summed E-state index contributed by atoms with van der Waals surface area (Å²) in [5.41, 5.74) is 4.19. The van der Waals surface area contributed by atoms with Crippen LogP contribution < -0.4 is 5.32 Å². The minimum Gasteiger partial charge on any atom is -0.376 e. The second-order valence-electron chi connectivity index (χ2n) is 5.67. The maximum Gasteiger partial charge on any atom is 0.151 e. The van der Waals surface area contributed by atoms with Gasteiger partial charge in [0.15, 0.2) is 5.82 Å². The van der Waals surface area contributed by atoms with Gasteiger partial charge in [-0.1, -0.05) is 23.7 Å². The SMILES string of the molecule is Cc1c(NC[C@@H]2CCCO2)nnc(-c2ccc(Cl)cc2)c1C. The monoisotopic (exact) mass is 317 g/mol. The van der Waals surface area contributed by atoms with Gasteiger partial charge in [0.1, 0.15) is 0 Å². The number of nitrogens with one attached hydrogen (secondary N) is 1. The van der Waals surface area contributed by atoms with E-state index in [0.717, 1.165) is 59.2 Å². The Bertz CT molecular complexity index is 652. The van der Waals surface area contributed by atoms with E-state index in [1.165, 1.54) is 0 Å². The largest absolute Gasteiger partial charge is 0.376 e. The molecular weight excluding hydrogens is 298 g/mol. The number of anilines is 1. The van der Waals surface area contributed by atoms with Gasteiger partial charge in [-0.15, -0.1) is 10.2 Å². The van der Waals surface area contributed by atoms with Crippen LogP contribution in [0.25, 0.3) is 11.3 Å². The fourth-order valence-corrected chi connectivity index (χ4v) is 2.80. The third-order valence-electron chi connectivity index (χ3n) is 4.16. The van der Waals surface area contributed by atoms with Crippen molar-refractivity contribution in [2.75, 3.05) is 18.5 Å². The van der Waals surface area contributed by atoms with E-state index in [1.807, 2.05) is 24.3 Å². The third kappa shape index (κ3) is 3.23. The number of rotatable bonds is 4. The highest BCUT2D eigenvalue weighted by molar-refractivity contribution is 6.30. The quantitative estimate of drug-likeness (QED) is 0.925. The molecule has 5 heteroatoms. The molecule has 0 radical (unpaired) electrons. The van der Waals surface area contributed by atoms with Crippen LogP contribution in [0, 0.1) is 13.8 Å². The second kappa shape index (κ2) is 6.63. The van der Waals surface area contributed by atoms with E-state index in [1.54, 1.807) is 0 Å². The summed E-state index contributed by atoms with van der Waals surface area (Å²) in [5, 5.41) is 12.8. The van der Waals surface area contributed by atoms with E-state index in [4.69, 9.17) is 16.3 Å². The molecule has 1 atom stereocenters. The lowest BCUT2D eigenvalue weighted by molar-refractivity contribution is 0.120. The molecule has 0 amide bonds. The molecule has 2 aromatic rings. The highest BCUT2D eigenvalue weighted by atomic mass is 35.5. The normalized spacial score (nSPS) is 17.7. The van der Waals surface area contributed by atoms with Crippen LogP contribution in [0.4, 0.5) is 5.82 Å². The molecule has 22 heavy (non-hydrogen) atoms. The van der Waals surface area contributed by atoms with Crippen molar-refractivity contribution in [2.24, 2.45) is 0 Å². The van der Waals surface area contributed by atoms with E-state index in [9.17, 15) is 0 Å². The molecular formula is C17H20ClN3O. The molecule has 2 heterocycles. The zero-order valence-electron chi connectivity index (χ0n) is 12.9. The topological polar surface area (TPSA) is 47.0 Å². The van der Waals surface area contributed by atoms with Crippen LogP contribution in [0.3, 0.4) is 0 Å². The molecule has 1 aliphatic heterocycles. The molecule has 0 spiro atoms. The number of hydrogen-bond donors (Lipinski definition) is 1. The summed E-state index contributed by atoms with van der Waals surface area (Å²) in [4.78, 5) is 0. The zero-order chi connectivity index (χ0) is 15.5. The molecule has 116 valence electrons. The van der Waals surface area contributed by atoms with Gasteiger partial charge in [0.25, 0.3) is 0 Å². The van der Waals surface area contributed by atoms with Crippen molar-refractivity contribution in [2.45, 2.75) is 32.8 Å². The van der Waals surface area contributed by atoms with E-state index in [-0.39, 0.29) is 6.10 Å². The molecule has 1 aliphatic rings. The van der Waals surface area contributed by atoms with Crippen molar-refractivity contribution in [3.05, 3.63) is 40.4 Å². The maximum absolute atomic E-state index is 5.94. The van der Waals surface area contributed by atoms with Crippen LogP contribution in [-0.4, -0.2) is 29.5 Å². The first-order valence-corrected chi connectivity index (χ1v) is 7.98. The van der Waals surface area contributed by atoms with Crippen molar-refractivity contribution in [1.29, 1.82) is 0 Å². The Hall–Kier alpha value is -1.65. The highest BCUT2D eigenvalue weighted by Crippen LogP contribution is 2.27. The summed E-state index contributed by atoms with van der Waals surface area (Å²) >= 11 is 5.94. The van der Waals surface area contributed by atoms with Crippen LogP contribution in [0.15, 0.2) is 24.3 Å². The van der Waals surface area contributed by atoms with Crippen LogP contribution in [0.2, 0.25) is 5.02 Å². The fraction of sp³-hybridized carbons (Fsp3) is 0.412. The van der Waals surface area contributed by atoms with Crippen LogP contribution >= 0.6 is 11.6 Å². The van der Waals surface area contributed by atoms with E-state index < -0.39 is 0 Å². The van der Waals surface area contributed by atoms with Crippen molar-refractivity contribution < 1.29 is 4.74 Å². The summed E-state index contributed by atoms with van der Waals surface area (Å²) in [6, 6.07) is 7.68. The van der Waals surface area contributed by atoms with Crippen molar-refractivity contribution in [3.8, 4) is 11.3 Å². The summed E-state index contributed by atoms with van der Waals surface area (Å²) in [6.07, 6.45) is 2.55. The fourth-order valence-electron chi connectivity index (χ4n) is 2.67. The smallest absolute Gasteiger partial charge is 0.151 e. The molecule has 0 saturated carbocycles. The molecule has 0 unspecified atom stereocenters. The number of ether oxygens (including phenoxy) is 1. The van der Waals surface area contributed by atoms with Gasteiger partial charge >= 0.3 is 0 Å². The van der Waals surface area contributed by atoms with E-state index >= 15 is 0 Å². The third-order valence-corrected chi connectivity index (χ3v) is 4.41. The first kappa shape index (κ1) is 15.3. The van der Waals surface area contributed by atoms with Gasteiger partial charge in [0.05, 0.1) is 11.8 Å². The van der Waals surface area contributed by atoms with Gasteiger partial charge in [0, 0.05) is 23.7 Å². The lowest BCUT2D eigenvalue weighted by Crippen LogP contribution is -2.20. The number of aromatic nitrogens is 2. The Kier molecular flexibility index (Phi) is 4.60. The highest BCUT2D eigenvalue weighted by Gasteiger charge is 2.17. The predicted molar refractivity (Wildman–Crippen MR) is 89.4 cm³/mol.